The van der Waals surface area contributed by atoms with Gasteiger partial charge in [0.1, 0.15) is 30.2 Å². The van der Waals surface area contributed by atoms with Gasteiger partial charge in [-0.3, -0.25) is 0 Å². The van der Waals surface area contributed by atoms with E-state index in [2.05, 4.69) is 71.8 Å². The molecule has 3 rings (SSSR count). The van der Waals surface area contributed by atoms with Gasteiger partial charge in [-0.15, -0.1) is 0 Å². The molecule has 4 heteroatoms. The molecule has 1 heterocycles. The zero-order valence-corrected chi connectivity index (χ0v) is 15.1. The summed E-state index contributed by atoms with van der Waals surface area (Å²) in [6.45, 7) is 6.11. The van der Waals surface area contributed by atoms with Crippen molar-refractivity contribution in [1.82, 2.24) is 4.57 Å². The van der Waals surface area contributed by atoms with E-state index in [4.69, 9.17) is 4.74 Å². The minimum absolute atomic E-state index is 0. The van der Waals surface area contributed by atoms with E-state index >= 15 is 0 Å². The van der Waals surface area contributed by atoms with Crippen molar-refractivity contribution in [3.63, 3.8) is 0 Å². The normalized spacial score (nSPS) is 10.3. The SMILES string of the molecule is COc1cccc(C[n+]2cn(Cc3ccccc3)c(C)c2C)c1.[Cl-]. The first kappa shape index (κ1) is 18.1. The van der Waals surface area contributed by atoms with Crippen LogP contribution < -0.4 is 21.7 Å². The van der Waals surface area contributed by atoms with Crippen LogP contribution in [0.5, 0.6) is 5.75 Å². The number of halogens is 1. The van der Waals surface area contributed by atoms with Crippen molar-refractivity contribution in [2.75, 3.05) is 7.11 Å². The fourth-order valence-corrected chi connectivity index (χ4v) is 2.82. The zero-order chi connectivity index (χ0) is 16.2. The molecule has 0 radical (unpaired) electrons. The Morgan fingerprint density at radius 1 is 0.958 bits per heavy atom. The van der Waals surface area contributed by atoms with Crippen LogP contribution >= 0.6 is 0 Å². The molecule has 2 aromatic carbocycles. The van der Waals surface area contributed by atoms with Crippen LogP contribution in [0.3, 0.4) is 0 Å². The molecule has 0 unspecified atom stereocenters. The van der Waals surface area contributed by atoms with Gasteiger partial charge in [-0.25, -0.2) is 9.13 Å². The van der Waals surface area contributed by atoms with Crippen molar-refractivity contribution in [1.29, 1.82) is 0 Å². The smallest absolute Gasteiger partial charge is 0.244 e. The second-order valence-electron chi connectivity index (χ2n) is 5.88. The summed E-state index contributed by atoms with van der Waals surface area (Å²) in [5, 5.41) is 0. The van der Waals surface area contributed by atoms with Crippen LogP contribution in [0.25, 0.3) is 0 Å². The number of methoxy groups -OCH3 is 1. The monoisotopic (exact) mass is 342 g/mol. The van der Waals surface area contributed by atoms with Crippen LogP contribution in [0.2, 0.25) is 0 Å². The van der Waals surface area contributed by atoms with Crippen molar-refractivity contribution in [2.24, 2.45) is 0 Å². The van der Waals surface area contributed by atoms with Crippen LogP contribution in [-0.2, 0) is 13.1 Å². The maximum Gasteiger partial charge on any atom is 0.244 e. The number of benzene rings is 2. The average molecular weight is 343 g/mol. The van der Waals surface area contributed by atoms with Crippen molar-refractivity contribution >= 4 is 0 Å². The molecule has 1 aromatic heterocycles. The molecule has 0 aliphatic rings. The average Bonchev–Trinajstić information content (AvgIpc) is 2.84. The molecular formula is C20H23ClN2O. The van der Waals surface area contributed by atoms with E-state index in [-0.39, 0.29) is 12.4 Å². The Morgan fingerprint density at radius 3 is 2.38 bits per heavy atom. The van der Waals surface area contributed by atoms with Crippen molar-refractivity contribution < 1.29 is 21.7 Å². The first-order valence-electron chi connectivity index (χ1n) is 7.90. The molecule has 0 bridgehead atoms. The van der Waals surface area contributed by atoms with Crippen molar-refractivity contribution in [3.05, 3.63) is 83.4 Å². The van der Waals surface area contributed by atoms with Gasteiger partial charge in [0.2, 0.25) is 6.33 Å². The standard InChI is InChI=1S/C20H23N2O.ClH/c1-16-17(2)22(14-19-10-7-11-20(12-19)23-3)15-21(16)13-18-8-5-4-6-9-18;/h4-12,15H,13-14H2,1-3H3;1H/q+1;/p-1. The Kier molecular flexibility index (Phi) is 6.04. The lowest BCUT2D eigenvalue weighted by Crippen LogP contribution is -3.00. The number of nitrogens with zero attached hydrogens (tertiary/aromatic N) is 2. The molecule has 0 N–H and O–H groups in total. The summed E-state index contributed by atoms with van der Waals surface area (Å²) in [4.78, 5) is 0. The Labute approximate surface area is 149 Å². The lowest BCUT2D eigenvalue weighted by atomic mass is 10.2. The second kappa shape index (κ2) is 8.02. The highest BCUT2D eigenvalue weighted by Gasteiger charge is 2.16. The topological polar surface area (TPSA) is 18.0 Å². The molecule has 0 spiro atoms. The Hall–Kier alpha value is -2.26. The largest absolute Gasteiger partial charge is 1.00 e. The van der Waals surface area contributed by atoms with Crippen molar-refractivity contribution in [3.8, 4) is 5.75 Å². The number of ether oxygens (including phenoxy) is 1. The van der Waals surface area contributed by atoms with Crippen molar-refractivity contribution in [2.45, 2.75) is 26.9 Å². The minimum atomic E-state index is 0. The minimum Gasteiger partial charge on any atom is -1.00 e. The Bertz CT molecular complexity index is 797. The predicted molar refractivity (Wildman–Crippen MR) is 91.7 cm³/mol. The number of rotatable bonds is 5. The van der Waals surface area contributed by atoms with E-state index in [1.807, 2.05) is 12.1 Å². The third-order valence-electron chi connectivity index (χ3n) is 4.35. The van der Waals surface area contributed by atoms with Crippen LogP contribution in [0.15, 0.2) is 60.9 Å². The second-order valence-corrected chi connectivity index (χ2v) is 5.88. The summed E-state index contributed by atoms with van der Waals surface area (Å²) in [6.07, 6.45) is 2.21. The van der Waals surface area contributed by atoms with Crippen LogP contribution in [0.4, 0.5) is 0 Å². The number of hydrogen-bond donors (Lipinski definition) is 0. The molecule has 24 heavy (non-hydrogen) atoms. The first-order valence-corrected chi connectivity index (χ1v) is 7.90. The first-order chi connectivity index (χ1) is 11.2. The van der Waals surface area contributed by atoms with Gasteiger partial charge in [0, 0.05) is 13.8 Å². The van der Waals surface area contributed by atoms with Gasteiger partial charge < -0.3 is 17.1 Å². The molecular weight excluding hydrogens is 320 g/mol. The lowest BCUT2D eigenvalue weighted by molar-refractivity contribution is -0.693. The highest BCUT2D eigenvalue weighted by atomic mass is 35.5. The van der Waals surface area contributed by atoms with E-state index in [0.29, 0.717) is 0 Å². The highest BCUT2D eigenvalue weighted by Crippen LogP contribution is 2.13. The lowest BCUT2D eigenvalue weighted by Gasteiger charge is -2.03. The van der Waals surface area contributed by atoms with E-state index in [1.54, 1.807) is 7.11 Å². The third kappa shape index (κ3) is 3.98. The molecule has 0 saturated heterocycles. The third-order valence-corrected chi connectivity index (χ3v) is 4.35. The highest BCUT2D eigenvalue weighted by molar-refractivity contribution is 5.28. The molecule has 3 nitrogen and oxygen atoms in total. The summed E-state index contributed by atoms with van der Waals surface area (Å²) >= 11 is 0. The van der Waals surface area contributed by atoms with E-state index in [0.717, 1.165) is 18.8 Å². The molecule has 0 aliphatic carbocycles. The molecule has 0 aliphatic heterocycles. The van der Waals surface area contributed by atoms with E-state index < -0.39 is 0 Å². The van der Waals surface area contributed by atoms with Gasteiger partial charge in [-0.1, -0.05) is 42.5 Å². The quantitative estimate of drug-likeness (QED) is 0.618. The van der Waals surface area contributed by atoms with E-state index in [9.17, 15) is 0 Å². The molecule has 0 atom stereocenters. The summed E-state index contributed by atoms with van der Waals surface area (Å²) in [7, 11) is 1.71. The van der Waals surface area contributed by atoms with Gasteiger partial charge in [-0.05, 0) is 23.3 Å². The number of hydrogen-bond acceptors (Lipinski definition) is 1. The fourth-order valence-electron chi connectivity index (χ4n) is 2.82. The summed E-state index contributed by atoms with van der Waals surface area (Å²) in [5.74, 6) is 0.904. The molecule has 126 valence electrons. The predicted octanol–water partition coefficient (Wildman–Crippen LogP) is 0.502. The molecule has 0 fully saturated rings. The number of imidazole rings is 1. The summed E-state index contributed by atoms with van der Waals surface area (Å²) < 4.78 is 9.93. The fraction of sp³-hybridized carbons (Fsp3) is 0.250. The van der Waals surface area contributed by atoms with Crippen LogP contribution in [-0.4, -0.2) is 11.7 Å². The molecule has 0 saturated carbocycles. The van der Waals surface area contributed by atoms with Gasteiger partial charge in [-0.2, -0.15) is 0 Å². The maximum absolute atomic E-state index is 5.32. The zero-order valence-electron chi connectivity index (χ0n) is 14.4. The maximum atomic E-state index is 5.32. The summed E-state index contributed by atoms with van der Waals surface area (Å²) in [6, 6.07) is 18.8. The van der Waals surface area contributed by atoms with Gasteiger partial charge in [0.05, 0.1) is 7.11 Å². The van der Waals surface area contributed by atoms with Gasteiger partial charge >= 0.3 is 0 Å². The Morgan fingerprint density at radius 2 is 1.67 bits per heavy atom. The van der Waals surface area contributed by atoms with Gasteiger partial charge in [0.25, 0.3) is 0 Å². The van der Waals surface area contributed by atoms with Gasteiger partial charge in [0.15, 0.2) is 0 Å². The summed E-state index contributed by atoms with van der Waals surface area (Å²) in [5.41, 5.74) is 5.16. The Balaban J connectivity index is 0.00000208. The molecule has 0 amide bonds. The van der Waals surface area contributed by atoms with E-state index in [1.165, 1.54) is 22.5 Å². The number of aromatic nitrogens is 2. The van der Waals surface area contributed by atoms with Crippen LogP contribution in [0, 0.1) is 13.8 Å². The van der Waals surface area contributed by atoms with Crippen LogP contribution in [0.1, 0.15) is 22.5 Å². The molecule has 3 aromatic rings.